The first kappa shape index (κ1) is 19.5. The lowest BCUT2D eigenvalue weighted by Crippen LogP contribution is -2.29. The second kappa shape index (κ2) is 9.01. The number of halogens is 1. The molecule has 0 saturated heterocycles. The molecule has 2 aromatic carbocycles. The van der Waals surface area contributed by atoms with Crippen molar-refractivity contribution in [3.63, 3.8) is 0 Å². The molecule has 136 valence electrons. The van der Waals surface area contributed by atoms with E-state index in [1.165, 1.54) is 13.8 Å². The number of rotatable bonds is 6. The van der Waals surface area contributed by atoms with E-state index in [-0.39, 0.29) is 24.1 Å². The Morgan fingerprint density at radius 3 is 2.12 bits per heavy atom. The molecule has 0 aliphatic heterocycles. The third kappa shape index (κ3) is 6.22. The molecule has 0 aliphatic carbocycles. The summed E-state index contributed by atoms with van der Waals surface area (Å²) in [6.07, 6.45) is 0.0611. The zero-order chi connectivity index (χ0) is 19.1. The van der Waals surface area contributed by atoms with Gasteiger partial charge in [0.2, 0.25) is 17.7 Å². The summed E-state index contributed by atoms with van der Waals surface area (Å²) < 4.78 is 0. The van der Waals surface area contributed by atoms with Crippen LogP contribution in [0.15, 0.2) is 48.5 Å². The maximum absolute atomic E-state index is 12.4. The molecule has 1 atom stereocenters. The topological polar surface area (TPSA) is 87.3 Å². The van der Waals surface area contributed by atoms with Crippen LogP contribution in [0.5, 0.6) is 0 Å². The molecule has 0 saturated carbocycles. The van der Waals surface area contributed by atoms with Gasteiger partial charge >= 0.3 is 0 Å². The second-order valence-corrected chi connectivity index (χ2v) is 6.26. The number of carbonyl (C=O) groups is 3. The first-order valence-electron chi connectivity index (χ1n) is 8.03. The van der Waals surface area contributed by atoms with Crippen molar-refractivity contribution >= 4 is 40.7 Å². The van der Waals surface area contributed by atoms with Crippen LogP contribution in [0.4, 0.5) is 11.4 Å². The van der Waals surface area contributed by atoms with Crippen LogP contribution in [0.1, 0.15) is 31.9 Å². The van der Waals surface area contributed by atoms with Gasteiger partial charge in [0.1, 0.15) is 0 Å². The summed E-state index contributed by atoms with van der Waals surface area (Å²) in [7, 11) is 0. The molecule has 0 radical (unpaired) electrons. The minimum absolute atomic E-state index is 0.0611. The van der Waals surface area contributed by atoms with Gasteiger partial charge in [0.05, 0.1) is 12.5 Å². The van der Waals surface area contributed by atoms with Crippen molar-refractivity contribution in [3.05, 3.63) is 59.1 Å². The maximum Gasteiger partial charge on any atom is 0.226 e. The summed E-state index contributed by atoms with van der Waals surface area (Å²) in [4.78, 5) is 35.0. The molecule has 26 heavy (non-hydrogen) atoms. The van der Waals surface area contributed by atoms with Crippen LogP contribution >= 0.6 is 11.6 Å². The third-order valence-electron chi connectivity index (χ3n) is 3.51. The highest BCUT2D eigenvalue weighted by molar-refractivity contribution is 6.30. The number of carbonyl (C=O) groups excluding carboxylic acids is 3. The summed E-state index contributed by atoms with van der Waals surface area (Å²) >= 11 is 5.89. The summed E-state index contributed by atoms with van der Waals surface area (Å²) in [6, 6.07) is 13.3. The fraction of sp³-hybridized carbons (Fsp3) is 0.211. The average Bonchev–Trinajstić information content (AvgIpc) is 2.54. The van der Waals surface area contributed by atoms with E-state index in [1.807, 2.05) is 0 Å². The first-order chi connectivity index (χ1) is 12.3. The molecule has 7 heteroatoms. The lowest BCUT2D eigenvalue weighted by Gasteiger charge is -2.18. The van der Waals surface area contributed by atoms with Crippen molar-refractivity contribution in [2.45, 2.75) is 26.3 Å². The Labute approximate surface area is 156 Å². The van der Waals surface area contributed by atoms with Gasteiger partial charge in [-0.25, -0.2) is 0 Å². The van der Waals surface area contributed by atoms with Crippen molar-refractivity contribution < 1.29 is 14.4 Å². The summed E-state index contributed by atoms with van der Waals surface area (Å²) in [5, 5.41) is 8.78. The molecule has 3 amide bonds. The molecule has 0 heterocycles. The lowest BCUT2D eigenvalue weighted by atomic mass is 10.0. The van der Waals surface area contributed by atoms with Crippen molar-refractivity contribution in [1.29, 1.82) is 0 Å². The highest BCUT2D eigenvalue weighted by Gasteiger charge is 2.17. The molecule has 0 spiro atoms. The third-order valence-corrected chi connectivity index (χ3v) is 3.76. The van der Waals surface area contributed by atoms with Crippen molar-refractivity contribution in [2.75, 3.05) is 10.6 Å². The van der Waals surface area contributed by atoms with E-state index in [4.69, 9.17) is 11.6 Å². The van der Waals surface area contributed by atoms with Gasteiger partial charge in [-0.3, -0.25) is 14.4 Å². The Bertz CT molecular complexity index is 806. The molecule has 1 unspecified atom stereocenters. The normalized spacial score (nSPS) is 11.3. The number of benzene rings is 2. The average molecular weight is 374 g/mol. The Morgan fingerprint density at radius 1 is 0.923 bits per heavy atom. The predicted octanol–water partition coefficient (Wildman–Crippen LogP) is 3.50. The largest absolute Gasteiger partial charge is 0.349 e. The van der Waals surface area contributed by atoms with Gasteiger partial charge in [-0.1, -0.05) is 29.8 Å². The highest BCUT2D eigenvalue weighted by Crippen LogP contribution is 2.21. The minimum Gasteiger partial charge on any atom is -0.349 e. The smallest absolute Gasteiger partial charge is 0.226 e. The Balaban J connectivity index is 2.08. The molecule has 3 N–H and O–H groups in total. The van der Waals surface area contributed by atoms with E-state index in [9.17, 15) is 14.4 Å². The van der Waals surface area contributed by atoms with Crippen molar-refractivity contribution in [2.24, 2.45) is 0 Å². The SMILES string of the molecule is CC(=O)Nc1cccc(NC(=O)CC(NC(C)=O)c2ccc(Cl)cc2)c1. The predicted molar refractivity (Wildman–Crippen MR) is 102 cm³/mol. The standard InChI is InChI=1S/C19H20ClN3O3/c1-12(24)21-16-4-3-5-17(10-16)23-19(26)11-18(22-13(2)25)14-6-8-15(20)9-7-14/h3-10,18H,11H2,1-2H3,(H,21,24)(H,22,25)(H,23,26). The number of nitrogens with one attached hydrogen (secondary N) is 3. The lowest BCUT2D eigenvalue weighted by molar-refractivity contribution is -0.120. The van der Waals surface area contributed by atoms with Crippen LogP contribution in [0.2, 0.25) is 5.02 Å². The molecule has 6 nitrogen and oxygen atoms in total. The summed E-state index contributed by atoms with van der Waals surface area (Å²) in [6.45, 7) is 2.81. The molecule has 0 fully saturated rings. The fourth-order valence-corrected chi connectivity index (χ4v) is 2.59. The molecule has 0 aliphatic rings. The van der Waals surface area contributed by atoms with Gasteiger partial charge in [0.15, 0.2) is 0 Å². The Hall–Kier alpha value is -2.86. The second-order valence-electron chi connectivity index (χ2n) is 5.82. The van der Waals surface area contributed by atoms with Gasteiger partial charge < -0.3 is 16.0 Å². The van der Waals surface area contributed by atoms with E-state index in [2.05, 4.69) is 16.0 Å². The van der Waals surface area contributed by atoms with Crippen LogP contribution in [-0.4, -0.2) is 17.7 Å². The Morgan fingerprint density at radius 2 is 1.54 bits per heavy atom. The van der Waals surface area contributed by atoms with Crippen LogP contribution in [-0.2, 0) is 14.4 Å². The molecule has 0 bridgehead atoms. The van der Waals surface area contributed by atoms with E-state index in [1.54, 1.807) is 48.5 Å². The van der Waals surface area contributed by atoms with E-state index >= 15 is 0 Å². The number of anilines is 2. The molecular formula is C19H20ClN3O3. The first-order valence-corrected chi connectivity index (χ1v) is 8.41. The van der Waals surface area contributed by atoms with E-state index in [0.29, 0.717) is 16.4 Å². The maximum atomic E-state index is 12.4. The number of amides is 3. The van der Waals surface area contributed by atoms with Crippen molar-refractivity contribution in [3.8, 4) is 0 Å². The van der Waals surface area contributed by atoms with Gasteiger partial charge in [0.25, 0.3) is 0 Å². The van der Waals surface area contributed by atoms with Crippen LogP contribution in [0, 0.1) is 0 Å². The summed E-state index contributed by atoms with van der Waals surface area (Å²) in [5.74, 6) is -0.689. The zero-order valence-corrected chi connectivity index (χ0v) is 15.3. The number of hydrogen-bond donors (Lipinski definition) is 3. The molecule has 0 aromatic heterocycles. The summed E-state index contributed by atoms with van der Waals surface area (Å²) in [5.41, 5.74) is 1.93. The van der Waals surface area contributed by atoms with Gasteiger partial charge in [0, 0.05) is 30.2 Å². The minimum atomic E-state index is -0.469. The molecular weight excluding hydrogens is 354 g/mol. The fourth-order valence-electron chi connectivity index (χ4n) is 2.47. The van der Waals surface area contributed by atoms with Crippen LogP contribution < -0.4 is 16.0 Å². The molecule has 2 aromatic rings. The zero-order valence-electron chi connectivity index (χ0n) is 14.5. The van der Waals surface area contributed by atoms with Gasteiger partial charge in [-0.15, -0.1) is 0 Å². The van der Waals surface area contributed by atoms with Crippen molar-refractivity contribution in [1.82, 2.24) is 5.32 Å². The van der Waals surface area contributed by atoms with Crippen LogP contribution in [0.25, 0.3) is 0 Å². The van der Waals surface area contributed by atoms with E-state index in [0.717, 1.165) is 5.56 Å². The molecule has 2 rings (SSSR count). The highest BCUT2D eigenvalue weighted by atomic mass is 35.5. The van der Waals surface area contributed by atoms with E-state index < -0.39 is 6.04 Å². The monoisotopic (exact) mass is 373 g/mol. The number of hydrogen-bond acceptors (Lipinski definition) is 3. The van der Waals surface area contributed by atoms with Crippen LogP contribution in [0.3, 0.4) is 0 Å². The van der Waals surface area contributed by atoms with Gasteiger partial charge in [-0.05, 0) is 35.9 Å². The van der Waals surface area contributed by atoms with Gasteiger partial charge in [-0.2, -0.15) is 0 Å². The quantitative estimate of drug-likeness (QED) is 0.724. The Kier molecular flexibility index (Phi) is 6.74.